The summed E-state index contributed by atoms with van der Waals surface area (Å²) >= 11 is 0. The minimum absolute atomic E-state index is 0.0208. The second-order valence-electron chi connectivity index (χ2n) is 9.15. The van der Waals surface area contributed by atoms with Crippen molar-refractivity contribution in [2.75, 3.05) is 6.54 Å². The van der Waals surface area contributed by atoms with E-state index in [1.54, 1.807) is 11.0 Å². The van der Waals surface area contributed by atoms with Gasteiger partial charge in [-0.2, -0.15) is 0 Å². The van der Waals surface area contributed by atoms with E-state index in [0.717, 1.165) is 16.7 Å². The van der Waals surface area contributed by atoms with Crippen molar-refractivity contribution in [2.24, 2.45) is 0 Å². The predicted octanol–water partition coefficient (Wildman–Crippen LogP) is 5.44. The average Bonchev–Trinajstić information content (AvgIpc) is 2.94. The molecule has 4 rings (SSSR count). The number of benzene rings is 2. The molecule has 0 saturated carbocycles. The number of fused-ring (bicyclic) bond motifs is 2. The van der Waals surface area contributed by atoms with Crippen molar-refractivity contribution in [2.45, 2.75) is 46.1 Å². The number of aryl methyl sites for hydroxylation is 2. The Balaban J connectivity index is 1.97. The smallest absolute Gasteiger partial charge is 0.291 e. The molecule has 1 aliphatic rings. The summed E-state index contributed by atoms with van der Waals surface area (Å²) in [6.45, 7) is 14.5. The summed E-state index contributed by atoms with van der Waals surface area (Å²) in [7, 11) is 0. The van der Waals surface area contributed by atoms with Gasteiger partial charge in [0.25, 0.3) is 5.91 Å². The first-order valence-corrected chi connectivity index (χ1v) is 10.2. The Bertz CT molecular complexity index is 1230. The molecule has 3 aromatic rings. The van der Waals surface area contributed by atoms with Gasteiger partial charge in [0.05, 0.1) is 17.0 Å². The Morgan fingerprint density at radius 1 is 1.10 bits per heavy atom. The molecule has 1 atom stereocenters. The van der Waals surface area contributed by atoms with Crippen LogP contribution >= 0.6 is 0 Å². The fraction of sp³-hybridized carbons (Fsp3) is 0.308. The first kappa shape index (κ1) is 20.1. The number of hydrogen-bond acceptors (Lipinski definition) is 3. The zero-order chi connectivity index (χ0) is 21.8. The van der Waals surface area contributed by atoms with Crippen molar-refractivity contribution in [3.63, 3.8) is 0 Å². The Kier molecular flexibility index (Phi) is 4.69. The number of nitrogens with zero attached hydrogens (tertiary/aromatic N) is 1. The lowest BCUT2D eigenvalue weighted by atomic mass is 9.86. The summed E-state index contributed by atoms with van der Waals surface area (Å²) in [4.78, 5) is 28.5. The van der Waals surface area contributed by atoms with Gasteiger partial charge in [-0.05, 0) is 47.6 Å². The van der Waals surface area contributed by atoms with Gasteiger partial charge >= 0.3 is 0 Å². The molecule has 0 saturated heterocycles. The Hall–Kier alpha value is -3.14. The molecule has 1 aliphatic heterocycles. The lowest BCUT2D eigenvalue weighted by molar-refractivity contribution is 0.0748. The summed E-state index contributed by atoms with van der Waals surface area (Å²) in [5.74, 6) is -0.128. The SMILES string of the molecule is C=CCN1C(=O)c2oc3cc(C)cc(C)c3c(=O)c2C1c1ccc(C(C)(C)C)cc1. The summed E-state index contributed by atoms with van der Waals surface area (Å²) in [5.41, 5.74) is 4.72. The highest BCUT2D eigenvalue weighted by molar-refractivity contribution is 5.99. The maximum absolute atomic E-state index is 13.6. The van der Waals surface area contributed by atoms with Crippen LogP contribution in [0.4, 0.5) is 0 Å². The quantitative estimate of drug-likeness (QED) is 0.549. The second kappa shape index (κ2) is 6.98. The molecule has 1 aromatic heterocycles. The Morgan fingerprint density at radius 3 is 2.37 bits per heavy atom. The van der Waals surface area contributed by atoms with Crippen LogP contribution in [0.3, 0.4) is 0 Å². The van der Waals surface area contributed by atoms with E-state index in [9.17, 15) is 9.59 Å². The molecule has 0 fully saturated rings. The molecule has 4 heteroatoms. The van der Waals surface area contributed by atoms with E-state index >= 15 is 0 Å². The fourth-order valence-electron chi connectivity index (χ4n) is 4.35. The topological polar surface area (TPSA) is 50.5 Å². The highest BCUT2D eigenvalue weighted by Crippen LogP contribution is 2.39. The van der Waals surface area contributed by atoms with Gasteiger partial charge in [-0.25, -0.2) is 0 Å². The van der Waals surface area contributed by atoms with Gasteiger partial charge in [-0.15, -0.1) is 6.58 Å². The average molecular weight is 402 g/mol. The van der Waals surface area contributed by atoms with E-state index in [0.29, 0.717) is 23.1 Å². The normalized spacial score (nSPS) is 16.2. The number of carbonyl (C=O) groups is 1. The van der Waals surface area contributed by atoms with Crippen LogP contribution in [-0.2, 0) is 5.41 Å². The molecule has 1 unspecified atom stereocenters. The van der Waals surface area contributed by atoms with Crippen LogP contribution < -0.4 is 5.43 Å². The summed E-state index contributed by atoms with van der Waals surface area (Å²) in [6.07, 6.45) is 1.68. The maximum atomic E-state index is 13.6. The highest BCUT2D eigenvalue weighted by Gasteiger charge is 2.42. The Labute approximate surface area is 176 Å². The molecule has 0 bridgehead atoms. The van der Waals surface area contributed by atoms with E-state index in [-0.39, 0.29) is 22.5 Å². The molecule has 0 radical (unpaired) electrons. The van der Waals surface area contributed by atoms with Crippen molar-refractivity contribution in [1.82, 2.24) is 4.90 Å². The summed E-state index contributed by atoms with van der Waals surface area (Å²) < 4.78 is 6.04. The van der Waals surface area contributed by atoms with Crippen molar-refractivity contribution in [3.8, 4) is 0 Å². The molecule has 0 aliphatic carbocycles. The number of hydrogen-bond donors (Lipinski definition) is 0. The van der Waals surface area contributed by atoms with Crippen molar-refractivity contribution < 1.29 is 9.21 Å². The largest absolute Gasteiger partial charge is 0.450 e. The monoisotopic (exact) mass is 401 g/mol. The number of carbonyl (C=O) groups excluding carboxylic acids is 1. The predicted molar refractivity (Wildman–Crippen MR) is 120 cm³/mol. The fourth-order valence-corrected chi connectivity index (χ4v) is 4.35. The van der Waals surface area contributed by atoms with E-state index < -0.39 is 6.04 Å². The van der Waals surface area contributed by atoms with Crippen LogP contribution in [0.1, 0.15) is 65.2 Å². The van der Waals surface area contributed by atoms with E-state index in [1.807, 2.05) is 38.1 Å². The van der Waals surface area contributed by atoms with Crippen molar-refractivity contribution in [3.05, 3.63) is 92.9 Å². The number of rotatable bonds is 3. The first-order chi connectivity index (χ1) is 14.1. The maximum Gasteiger partial charge on any atom is 0.291 e. The van der Waals surface area contributed by atoms with Gasteiger partial charge < -0.3 is 9.32 Å². The van der Waals surface area contributed by atoms with Gasteiger partial charge in [-0.3, -0.25) is 9.59 Å². The van der Waals surface area contributed by atoms with Gasteiger partial charge in [-0.1, -0.05) is 57.2 Å². The highest BCUT2D eigenvalue weighted by atomic mass is 16.3. The minimum Gasteiger partial charge on any atom is -0.450 e. The van der Waals surface area contributed by atoms with Crippen molar-refractivity contribution >= 4 is 16.9 Å². The zero-order valence-electron chi connectivity index (χ0n) is 18.2. The lowest BCUT2D eigenvalue weighted by Crippen LogP contribution is -2.29. The molecule has 1 amide bonds. The molecule has 154 valence electrons. The molecule has 2 heterocycles. The molecule has 30 heavy (non-hydrogen) atoms. The summed E-state index contributed by atoms with van der Waals surface area (Å²) in [6, 6.07) is 11.5. The van der Waals surface area contributed by atoms with Crippen LogP contribution in [0.15, 0.2) is 58.3 Å². The molecule has 2 aromatic carbocycles. The third-order valence-electron chi connectivity index (χ3n) is 5.83. The van der Waals surface area contributed by atoms with Crippen LogP contribution in [0, 0.1) is 13.8 Å². The third-order valence-corrected chi connectivity index (χ3v) is 5.83. The van der Waals surface area contributed by atoms with Crippen LogP contribution in [0.25, 0.3) is 11.0 Å². The van der Waals surface area contributed by atoms with Crippen molar-refractivity contribution in [1.29, 1.82) is 0 Å². The van der Waals surface area contributed by atoms with E-state index in [2.05, 4.69) is 39.5 Å². The molecule has 4 nitrogen and oxygen atoms in total. The van der Waals surface area contributed by atoms with Crippen LogP contribution in [-0.4, -0.2) is 17.4 Å². The summed E-state index contributed by atoms with van der Waals surface area (Å²) in [5, 5.41) is 0.545. The van der Waals surface area contributed by atoms with Gasteiger partial charge in [0.15, 0.2) is 5.43 Å². The van der Waals surface area contributed by atoms with Crippen LogP contribution in [0.5, 0.6) is 0 Å². The van der Waals surface area contributed by atoms with E-state index in [1.165, 1.54) is 5.56 Å². The third kappa shape index (κ3) is 3.07. The zero-order valence-corrected chi connectivity index (χ0v) is 18.2. The van der Waals surface area contributed by atoms with Crippen LogP contribution in [0.2, 0.25) is 0 Å². The standard InChI is InChI=1S/C26H27NO3/c1-7-12-27-22(17-8-10-18(11-9-17)26(4,5)6)21-23(28)20-16(3)13-15(2)14-19(20)30-24(21)25(27)29/h7-11,13-14,22H,1,12H2,2-6H3. The lowest BCUT2D eigenvalue weighted by Gasteiger charge is -2.25. The van der Waals surface area contributed by atoms with Gasteiger partial charge in [0.1, 0.15) is 5.58 Å². The molecular formula is C26H27NO3. The molecule has 0 N–H and O–H groups in total. The van der Waals surface area contributed by atoms with E-state index in [4.69, 9.17) is 4.42 Å². The molecule has 0 spiro atoms. The second-order valence-corrected chi connectivity index (χ2v) is 9.15. The Morgan fingerprint density at radius 2 is 1.77 bits per heavy atom. The first-order valence-electron chi connectivity index (χ1n) is 10.2. The molecular weight excluding hydrogens is 374 g/mol. The van der Waals surface area contributed by atoms with Gasteiger partial charge in [0.2, 0.25) is 5.76 Å². The number of amides is 1. The minimum atomic E-state index is -0.485. The van der Waals surface area contributed by atoms with Gasteiger partial charge in [0, 0.05) is 6.54 Å².